The van der Waals surface area contributed by atoms with Crippen LogP contribution < -0.4 is 14.2 Å². The van der Waals surface area contributed by atoms with E-state index in [1.54, 1.807) is 6.07 Å². The number of aromatic amines is 1. The third-order valence-electron chi connectivity index (χ3n) is 4.52. The molecule has 0 radical (unpaired) electrons. The third kappa shape index (κ3) is 3.15. The Labute approximate surface area is 152 Å². The van der Waals surface area contributed by atoms with Crippen molar-refractivity contribution in [1.82, 2.24) is 9.71 Å². The van der Waals surface area contributed by atoms with E-state index >= 15 is 0 Å². The van der Waals surface area contributed by atoms with Gasteiger partial charge in [0.15, 0.2) is 11.5 Å². The van der Waals surface area contributed by atoms with Crippen molar-refractivity contribution in [3.05, 3.63) is 53.7 Å². The molecule has 0 aliphatic carbocycles. The quantitative estimate of drug-likeness (QED) is 0.722. The van der Waals surface area contributed by atoms with Gasteiger partial charge < -0.3 is 14.5 Å². The summed E-state index contributed by atoms with van der Waals surface area (Å²) in [5.74, 6) is 1.04. The van der Waals surface area contributed by atoms with Gasteiger partial charge in [0.05, 0.1) is 4.90 Å². The molecule has 2 heterocycles. The number of aromatic nitrogens is 1. The second-order valence-electron chi connectivity index (χ2n) is 6.23. The molecule has 0 saturated heterocycles. The van der Waals surface area contributed by atoms with Crippen LogP contribution >= 0.6 is 0 Å². The normalized spacial score (nSPS) is 13.9. The third-order valence-corrected chi connectivity index (χ3v) is 5.98. The van der Waals surface area contributed by atoms with Crippen LogP contribution in [0.3, 0.4) is 0 Å². The highest BCUT2D eigenvalue weighted by Gasteiger charge is 2.19. The van der Waals surface area contributed by atoms with Gasteiger partial charge in [-0.05, 0) is 37.1 Å². The van der Waals surface area contributed by atoms with E-state index < -0.39 is 10.0 Å². The summed E-state index contributed by atoms with van der Waals surface area (Å²) in [6.45, 7) is 3.22. The highest BCUT2D eigenvalue weighted by Crippen LogP contribution is 2.32. The monoisotopic (exact) mass is 372 g/mol. The summed E-state index contributed by atoms with van der Waals surface area (Å²) in [7, 11) is -3.61. The Kier molecular flexibility index (Phi) is 4.34. The van der Waals surface area contributed by atoms with Gasteiger partial charge in [-0.25, -0.2) is 13.1 Å². The van der Waals surface area contributed by atoms with Crippen LogP contribution in [0.25, 0.3) is 10.9 Å². The molecule has 0 atom stereocenters. The minimum Gasteiger partial charge on any atom is -0.486 e. The first-order valence-corrected chi connectivity index (χ1v) is 9.98. The van der Waals surface area contributed by atoms with Gasteiger partial charge in [0, 0.05) is 29.2 Å². The van der Waals surface area contributed by atoms with Crippen LogP contribution in [0, 0.1) is 6.92 Å². The Morgan fingerprint density at radius 3 is 2.69 bits per heavy atom. The van der Waals surface area contributed by atoms with Crippen LogP contribution in [0.2, 0.25) is 0 Å². The Balaban J connectivity index is 1.49. The molecule has 0 amide bonds. The molecule has 2 N–H and O–H groups in total. The Morgan fingerprint density at radius 1 is 1.08 bits per heavy atom. The van der Waals surface area contributed by atoms with E-state index in [1.165, 1.54) is 12.1 Å². The molecule has 1 aliphatic rings. The molecular formula is C19H20N2O4S. The summed E-state index contributed by atoms with van der Waals surface area (Å²) < 4.78 is 38.7. The van der Waals surface area contributed by atoms with Crippen molar-refractivity contribution in [2.75, 3.05) is 19.8 Å². The highest BCUT2D eigenvalue weighted by molar-refractivity contribution is 7.89. The molecule has 1 aliphatic heterocycles. The molecular weight excluding hydrogens is 352 g/mol. The van der Waals surface area contributed by atoms with Crippen molar-refractivity contribution in [2.45, 2.75) is 18.2 Å². The van der Waals surface area contributed by atoms with Gasteiger partial charge in [0.1, 0.15) is 13.2 Å². The molecule has 0 fully saturated rings. The van der Waals surface area contributed by atoms with E-state index in [2.05, 4.69) is 9.71 Å². The summed E-state index contributed by atoms with van der Waals surface area (Å²) in [5, 5.41) is 1.13. The van der Waals surface area contributed by atoms with Crippen LogP contribution in [-0.2, 0) is 16.4 Å². The van der Waals surface area contributed by atoms with E-state index in [0.717, 1.165) is 22.2 Å². The minimum atomic E-state index is -3.61. The zero-order valence-corrected chi connectivity index (χ0v) is 15.2. The van der Waals surface area contributed by atoms with Crippen LogP contribution in [-0.4, -0.2) is 33.2 Å². The van der Waals surface area contributed by atoms with Gasteiger partial charge in [0.2, 0.25) is 10.0 Å². The molecule has 4 rings (SSSR count). The zero-order valence-electron chi connectivity index (χ0n) is 14.4. The molecule has 0 bridgehead atoms. The van der Waals surface area contributed by atoms with E-state index in [1.807, 2.05) is 31.2 Å². The van der Waals surface area contributed by atoms with Crippen molar-refractivity contribution in [3.8, 4) is 11.5 Å². The van der Waals surface area contributed by atoms with Crippen LogP contribution in [0.4, 0.5) is 0 Å². The van der Waals surface area contributed by atoms with Gasteiger partial charge >= 0.3 is 0 Å². The van der Waals surface area contributed by atoms with E-state index in [0.29, 0.717) is 37.7 Å². The number of benzene rings is 2. The van der Waals surface area contributed by atoms with Crippen molar-refractivity contribution >= 4 is 20.9 Å². The lowest BCUT2D eigenvalue weighted by Gasteiger charge is -2.18. The first-order chi connectivity index (χ1) is 12.5. The second kappa shape index (κ2) is 6.66. The van der Waals surface area contributed by atoms with Crippen LogP contribution in [0.5, 0.6) is 11.5 Å². The standard InChI is InChI=1S/C19H20N2O4S/c1-13-15(16-4-2-3-5-17(16)21-13)8-9-20-26(22,23)14-6-7-18-19(12-14)25-11-10-24-18/h2-7,12,20-21H,8-11H2,1H3. The van der Waals surface area contributed by atoms with E-state index in [-0.39, 0.29) is 4.90 Å². The Hall–Kier alpha value is -2.51. The molecule has 2 aromatic carbocycles. The molecule has 26 heavy (non-hydrogen) atoms. The molecule has 7 heteroatoms. The highest BCUT2D eigenvalue weighted by atomic mass is 32.2. The molecule has 6 nitrogen and oxygen atoms in total. The average molecular weight is 372 g/mol. The van der Waals surface area contributed by atoms with Crippen LogP contribution in [0.15, 0.2) is 47.4 Å². The maximum atomic E-state index is 12.6. The lowest BCUT2D eigenvalue weighted by molar-refractivity contribution is 0.171. The largest absolute Gasteiger partial charge is 0.486 e. The lowest BCUT2D eigenvalue weighted by Crippen LogP contribution is -2.26. The number of sulfonamides is 1. The summed E-state index contributed by atoms with van der Waals surface area (Å²) >= 11 is 0. The Morgan fingerprint density at radius 2 is 1.85 bits per heavy atom. The van der Waals surface area contributed by atoms with Gasteiger partial charge in [0.25, 0.3) is 0 Å². The second-order valence-corrected chi connectivity index (χ2v) is 7.99. The summed E-state index contributed by atoms with van der Waals surface area (Å²) in [4.78, 5) is 3.51. The fourth-order valence-corrected chi connectivity index (χ4v) is 4.29. The number of H-pyrrole nitrogens is 1. The first kappa shape index (κ1) is 16.9. The van der Waals surface area contributed by atoms with E-state index in [4.69, 9.17) is 9.47 Å². The van der Waals surface area contributed by atoms with Gasteiger partial charge in [-0.1, -0.05) is 18.2 Å². The maximum absolute atomic E-state index is 12.6. The van der Waals surface area contributed by atoms with Crippen molar-refractivity contribution in [3.63, 3.8) is 0 Å². The van der Waals surface area contributed by atoms with E-state index in [9.17, 15) is 8.42 Å². The Bertz CT molecular complexity index is 1060. The predicted molar refractivity (Wildman–Crippen MR) is 99.4 cm³/mol. The number of para-hydroxylation sites is 1. The number of hydrogen-bond donors (Lipinski definition) is 2. The fourth-order valence-electron chi connectivity index (χ4n) is 3.24. The number of nitrogens with one attached hydrogen (secondary N) is 2. The number of fused-ring (bicyclic) bond motifs is 2. The van der Waals surface area contributed by atoms with Crippen molar-refractivity contribution < 1.29 is 17.9 Å². The number of hydrogen-bond acceptors (Lipinski definition) is 4. The molecule has 0 unspecified atom stereocenters. The SMILES string of the molecule is Cc1[nH]c2ccccc2c1CCNS(=O)(=O)c1ccc2c(c1)OCCO2. The topological polar surface area (TPSA) is 80.4 Å². The molecule has 0 saturated carbocycles. The summed E-state index contributed by atoms with van der Waals surface area (Å²) in [6, 6.07) is 12.7. The number of rotatable bonds is 5. The van der Waals surface area contributed by atoms with Crippen molar-refractivity contribution in [2.24, 2.45) is 0 Å². The smallest absolute Gasteiger partial charge is 0.240 e. The minimum absolute atomic E-state index is 0.178. The number of ether oxygens (including phenoxy) is 2. The molecule has 0 spiro atoms. The number of aryl methyl sites for hydroxylation is 1. The van der Waals surface area contributed by atoms with Crippen LogP contribution in [0.1, 0.15) is 11.3 Å². The van der Waals surface area contributed by atoms with Crippen molar-refractivity contribution in [1.29, 1.82) is 0 Å². The fraction of sp³-hybridized carbons (Fsp3) is 0.263. The summed E-state index contributed by atoms with van der Waals surface area (Å²) in [5.41, 5.74) is 3.25. The molecule has 136 valence electrons. The lowest BCUT2D eigenvalue weighted by atomic mass is 10.1. The average Bonchev–Trinajstić information content (AvgIpc) is 2.97. The first-order valence-electron chi connectivity index (χ1n) is 8.50. The molecule has 1 aromatic heterocycles. The van der Waals surface area contributed by atoms with Gasteiger partial charge in [-0.3, -0.25) is 0 Å². The predicted octanol–water partition coefficient (Wildman–Crippen LogP) is 2.77. The van der Waals surface area contributed by atoms with Gasteiger partial charge in [-0.2, -0.15) is 0 Å². The molecule has 3 aromatic rings. The maximum Gasteiger partial charge on any atom is 0.240 e. The zero-order chi connectivity index (χ0) is 18.1. The summed E-state index contributed by atoms with van der Waals surface area (Å²) in [6.07, 6.45) is 0.611. The van der Waals surface area contributed by atoms with Gasteiger partial charge in [-0.15, -0.1) is 0 Å².